The van der Waals surface area contributed by atoms with E-state index in [2.05, 4.69) is 21.3 Å². The van der Waals surface area contributed by atoms with Crippen molar-refractivity contribution >= 4 is 29.0 Å². The Morgan fingerprint density at radius 3 is 2.29 bits per heavy atom. The molecule has 166 valence electrons. The number of carbonyl (C=O) groups is 2. The average Bonchev–Trinajstić information content (AvgIpc) is 3.14. The Labute approximate surface area is 182 Å². The first-order valence-electron chi connectivity index (χ1n) is 10.5. The highest BCUT2D eigenvalue weighted by Gasteiger charge is 2.31. The largest absolute Gasteiger partial charge is 0.366 e. The van der Waals surface area contributed by atoms with Crippen LogP contribution >= 0.6 is 0 Å². The number of para-hydroxylation sites is 1. The number of rotatable bonds is 8. The monoisotopic (exact) mass is 426 g/mol. The molecule has 1 saturated heterocycles. The maximum Gasteiger partial charge on any atom is 0.319 e. The SMILES string of the molecule is CC(C)C[C@H](NC(=O)Nc1ccc(Nc2ccccc2)cc1)C(=O)N[C@H]1CCOC1O. The second kappa shape index (κ2) is 10.8. The fourth-order valence-electron chi connectivity index (χ4n) is 3.35. The van der Waals surface area contributed by atoms with Crippen molar-refractivity contribution in [3.8, 4) is 0 Å². The third kappa shape index (κ3) is 6.97. The predicted octanol–water partition coefficient (Wildman–Crippen LogP) is 3.19. The molecule has 31 heavy (non-hydrogen) atoms. The van der Waals surface area contributed by atoms with Crippen LogP contribution in [0.3, 0.4) is 0 Å². The van der Waals surface area contributed by atoms with Crippen LogP contribution in [0.4, 0.5) is 21.9 Å². The number of aliphatic hydroxyl groups excluding tert-OH is 1. The number of anilines is 3. The Kier molecular flexibility index (Phi) is 7.86. The van der Waals surface area contributed by atoms with E-state index in [1.807, 2.05) is 56.3 Å². The second-order valence-corrected chi connectivity index (χ2v) is 8.01. The summed E-state index contributed by atoms with van der Waals surface area (Å²) in [5, 5.41) is 21.3. The highest BCUT2D eigenvalue weighted by atomic mass is 16.6. The lowest BCUT2D eigenvalue weighted by atomic mass is 10.0. The van der Waals surface area contributed by atoms with Crippen molar-refractivity contribution < 1.29 is 19.4 Å². The van der Waals surface area contributed by atoms with Crippen molar-refractivity contribution in [3.63, 3.8) is 0 Å². The van der Waals surface area contributed by atoms with Crippen LogP contribution in [-0.4, -0.2) is 42.0 Å². The smallest absolute Gasteiger partial charge is 0.319 e. The minimum Gasteiger partial charge on any atom is -0.366 e. The summed E-state index contributed by atoms with van der Waals surface area (Å²) in [6, 6.07) is 15.4. The van der Waals surface area contributed by atoms with Gasteiger partial charge in [-0.15, -0.1) is 0 Å². The summed E-state index contributed by atoms with van der Waals surface area (Å²) < 4.78 is 5.07. The molecular weight excluding hydrogens is 396 g/mol. The number of hydrogen-bond acceptors (Lipinski definition) is 5. The van der Waals surface area contributed by atoms with Gasteiger partial charge in [-0.25, -0.2) is 4.79 Å². The summed E-state index contributed by atoms with van der Waals surface area (Å²) in [7, 11) is 0. The normalized spacial score (nSPS) is 19.0. The number of amides is 3. The number of aliphatic hydroxyl groups is 1. The molecule has 1 unspecified atom stereocenters. The molecule has 0 bridgehead atoms. The lowest BCUT2D eigenvalue weighted by molar-refractivity contribution is -0.127. The van der Waals surface area contributed by atoms with Gasteiger partial charge in [-0.3, -0.25) is 4.79 Å². The highest BCUT2D eigenvalue weighted by Crippen LogP contribution is 2.19. The van der Waals surface area contributed by atoms with Crippen molar-refractivity contribution in [2.24, 2.45) is 5.92 Å². The van der Waals surface area contributed by atoms with Crippen LogP contribution in [0, 0.1) is 5.92 Å². The molecule has 3 atom stereocenters. The molecule has 2 aromatic carbocycles. The fraction of sp³-hybridized carbons (Fsp3) is 0.391. The molecular formula is C23H30N4O4. The van der Waals surface area contributed by atoms with E-state index >= 15 is 0 Å². The zero-order valence-corrected chi connectivity index (χ0v) is 17.8. The molecule has 0 saturated carbocycles. The Bertz CT molecular complexity index is 858. The lowest BCUT2D eigenvalue weighted by Crippen LogP contribution is -2.52. The summed E-state index contributed by atoms with van der Waals surface area (Å²) in [5.74, 6) is -0.134. The zero-order valence-electron chi connectivity index (χ0n) is 17.8. The number of hydrogen-bond donors (Lipinski definition) is 5. The highest BCUT2D eigenvalue weighted by molar-refractivity contribution is 5.94. The van der Waals surface area contributed by atoms with Crippen LogP contribution in [0.1, 0.15) is 26.7 Å². The second-order valence-electron chi connectivity index (χ2n) is 8.01. The van der Waals surface area contributed by atoms with Gasteiger partial charge in [0.2, 0.25) is 5.91 Å². The number of ether oxygens (including phenoxy) is 1. The first kappa shape index (κ1) is 22.6. The summed E-state index contributed by atoms with van der Waals surface area (Å²) in [4.78, 5) is 25.2. The molecule has 3 rings (SSSR count). The summed E-state index contributed by atoms with van der Waals surface area (Å²) in [6.07, 6.45) is 0.000179. The lowest BCUT2D eigenvalue weighted by Gasteiger charge is -2.23. The maximum absolute atomic E-state index is 12.7. The standard InChI is InChI=1S/C23H30N4O4/c1-15(2)14-20(21(28)26-19-12-13-31-22(19)29)27-23(30)25-18-10-8-17(9-11-18)24-16-6-4-3-5-7-16/h3-11,15,19-20,22,24,29H,12-14H2,1-2H3,(H,26,28)(H2,25,27,30)/t19-,20-,22?/m0/s1. The molecule has 8 nitrogen and oxygen atoms in total. The van der Waals surface area contributed by atoms with Crippen LogP contribution in [0.25, 0.3) is 0 Å². The third-order valence-electron chi connectivity index (χ3n) is 4.92. The Hall–Kier alpha value is -3.10. The summed E-state index contributed by atoms with van der Waals surface area (Å²) in [6.45, 7) is 4.35. The third-order valence-corrected chi connectivity index (χ3v) is 4.92. The molecule has 1 aliphatic rings. The Morgan fingerprint density at radius 2 is 1.68 bits per heavy atom. The minimum atomic E-state index is -1.01. The maximum atomic E-state index is 12.7. The fourth-order valence-corrected chi connectivity index (χ4v) is 3.35. The molecule has 1 aliphatic heterocycles. The first-order chi connectivity index (χ1) is 14.9. The van der Waals surface area contributed by atoms with Gasteiger partial charge in [0.1, 0.15) is 6.04 Å². The van der Waals surface area contributed by atoms with E-state index in [0.717, 1.165) is 11.4 Å². The molecule has 5 N–H and O–H groups in total. The molecule has 2 aromatic rings. The van der Waals surface area contributed by atoms with Crippen LogP contribution < -0.4 is 21.3 Å². The number of benzene rings is 2. The van der Waals surface area contributed by atoms with Crippen molar-refractivity contribution in [2.45, 2.75) is 45.1 Å². The van der Waals surface area contributed by atoms with Crippen molar-refractivity contribution in [2.75, 3.05) is 17.2 Å². The van der Waals surface area contributed by atoms with Gasteiger partial charge in [-0.2, -0.15) is 0 Å². The molecule has 8 heteroatoms. The van der Waals surface area contributed by atoms with Gasteiger partial charge in [0.25, 0.3) is 0 Å². The summed E-state index contributed by atoms with van der Waals surface area (Å²) in [5.41, 5.74) is 2.48. The summed E-state index contributed by atoms with van der Waals surface area (Å²) >= 11 is 0. The van der Waals surface area contributed by atoms with Crippen molar-refractivity contribution in [1.82, 2.24) is 10.6 Å². The van der Waals surface area contributed by atoms with E-state index in [0.29, 0.717) is 25.1 Å². The molecule has 0 radical (unpaired) electrons. The topological polar surface area (TPSA) is 112 Å². The zero-order chi connectivity index (χ0) is 22.2. The van der Waals surface area contributed by atoms with Crippen LogP contribution in [0.15, 0.2) is 54.6 Å². The van der Waals surface area contributed by atoms with Crippen LogP contribution in [0.5, 0.6) is 0 Å². The molecule has 0 spiro atoms. The van der Waals surface area contributed by atoms with Gasteiger partial charge in [0.05, 0.1) is 12.6 Å². The van der Waals surface area contributed by atoms with Crippen molar-refractivity contribution in [3.05, 3.63) is 54.6 Å². The molecule has 1 fully saturated rings. The van der Waals surface area contributed by atoms with E-state index in [1.54, 1.807) is 12.1 Å². The van der Waals surface area contributed by atoms with Gasteiger partial charge in [-0.1, -0.05) is 32.0 Å². The van der Waals surface area contributed by atoms with Crippen LogP contribution in [0.2, 0.25) is 0 Å². The van der Waals surface area contributed by atoms with Crippen LogP contribution in [-0.2, 0) is 9.53 Å². The number of nitrogens with one attached hydrogen (secondary N) is 4. The van der Waals surface area contributed by atoms with E-state index in [1.165, 1.54) is 0 Å². The van der Waals surface area contributed by atoms with E-state index < -0.39 is 24.4 Å². The Balaban J connectivity index is 1.55. The van der Waals surface area contributed by atoms with Gasteiger partial charge < -0.3 is 31.1 Å². The molecule has 0 aliphatic carbocycles. The number of urea groups is 1. The molecule has 3 amide bonds. The predicted molar refractivity (Wildman–Crippen MR) is 120 cm³/mol. The van der Waals surface area contributed by atoms with Gasteiger partial charge in [0.15, 0.2) is 6.29 Å². The van der Waals surface area contributed by atoms with E-state index in [-0.39, 0.29) is 11.8 Å². The van der Waals surface area contributed by atoms with Crippen molar-refractivity contribution in [1.29, 1.82) is 0 Å². The van der Waals surface area contributed by atoms with E-state index in [9.17, 15) is 14.7 Å². The average molecular weight is 427 g/mol. The van der Waals surface area contributed by atoms with Gasteiger partial charge in [-0.05, 0) is 55.2 Å². The van der Waals surface area contributed by atoms with Gasteiger partial charge >= 0.3 is 6.03 Å². The Morgan fingerprint density at radius 1 is 1.03 bits per heavy atom. The number of carbonyl (C=O) groups excluding carboxylic acids is 2. The minimum absolute atomic E-state index is 0.198. The quantitative estimate of drug-likeness (QED) is 0.445. The van der Waals surface area contributed by atoms with E-state index in [4.69, 9.17) is 4.74 Å². The molecule has 0 aromatic heterocycles. The molecule has 1 heterocycles. The first-order valence-corrected chi connectivity index (χ1v) is 10.5. The van der Waals surface area contributed by atoms with Gasteiger partial charge in [0, 0.05) is 17.1 Å².